The Kier molecular flexibility index (Phi) is 5.00. The highest BCUT2D eigenvalue weighted by Crippen LogP contribution is 2.25. The first-order valence-corrected chi connectivity index (χ1v) is 7.90. The molecular formula is C18H27N3O2. The van der Waals surface area contributed by atoms with Gasteiger partial charge in [-0.1, -0.05) is 6.07 Å². The lowest BCUT2D eigenvalue weighted by Gasteiger charge is -2.22. The molecule has 0 saturated heterocycles. The molecule has 1 aromatic heterocycles. The first kappa shape index (κ1) is 17.3. The van der Waals surface area contributed by atoms with Crippen LogP contribution in [-0.2, 0) is 11.3 Å². The highest BCUT2D eigenvalue weighted by atomic mass is 16.6. The average Bonchev–Trinajstić information content (AvgIpc) is 2.78. The van der Waals surface area contributed by atoms with Gasteiger partial charge in [-0.05, 0) is 65.0 Å². The number of rotatable bonds is 4. The Morgan fingerprint density at radius 1 is 1.35 bits per heavy atom. The van der Waals surface area contributed by atoms with Crippen molar-refractivity contribution in [3.05, 3.63) is 35.5 Å². The van der Waals surface area contributed by atoms with Crippen LogP contribution in [0.4, 0.5) is 4.79 Å². The topological polar surface area (TPSA) is 57.4 Å². The largest absolute Gasteiger partial charge is 0.444 e. The molecule has 1 aromatic carbocycles. The normalized spacial score (nSPS) is 13.3. The van der Waals surface area contributed by atoms with E-state index < -0.39 is 11.7 Å². The Bertz CT molecular complexity index is 683. The van der Waals surface area contributed by atoms with Gasteiger partial charge in [0.25, 0.3) is 0 Å². The van der Waals surface area contributed by atoms with Crippen LogP contribution >= 0.6 is 0 Å². The van der Waals surface area contributed by atoms with Gasteiger partial charge in [0.1, 0.15) is 5.60 Å². The maximum Gasteiger partial charge on any atom is 0.408 e. The third-order valence-electron chi connectivity index (χ3n) is 3.48. The molecule has 0 saturated carbocycles. The summed E-state index contributed by atoms with van der Waals surface area (Å²) in [6, 6.07) is 6.24. The van der Waals surface area contributed by atoms with E-state index in [1.54, 1.807) is 0 Å². The van der Waals surface area contributed by atoms with Crippen molar-refractivity contribution >= 4 is 17.0 Å². The summed E-state index contributed by atoms with van der Waals surface area (Å²) in [5, 5.41) is 4.03. The molecule has 126 valence electrons. The Balaban J connectivity index is 2.19. The van der Waals surface area contributed by atoms with Crippen molar-refractivity contribution in [3.63, 3.8) is 0 Å². The van der Waals surface area contributed by atoms with E-state index >= 15 is 0 Å². The first-order valence-electron chi connectivity index (χ1n) is 7.90. The average molecular weight is 317 g/mol. The third-order valence-corrected chi connectivity index (χ3v) is 3.48. The van der Waals surface area contributed by atoms with E-state index in [0.717, 1.165) is 23.0 Å². The van der Waals surface area contributed by atoms with Crippen molar-refractivity contribution < 1.29 is 9.53 Å². The van der Waals surface area contributed by atoms with Crippen LogP contribution in [0.5, 0.6) is 0 Å². The van der Waals surface area contributed by atoms with E-state index in [9.17, 15) is 4.79 Å². The van der Waals surface area contributed by atoms with Gasteiger partial charge in [0.05, 0.1) is 6.04 Å². The number of aromatic amines is 1. The van der Waals surface area contributed by atoms with Crippen molar-refractivity contribution in [2.24, 2.45) is 0 Å². The van der Waals surface area contributed by atoms with Crippen molar-refractivity contribution in [2.45, 2.75) is 45.9 Å². The molecule has 2 N–H and O–H groups in total. The number of hydrogen-bond acceptors (Lipinski definition) is 3. The highest BCUT2D eigenvalue weighted by molar-refractivity contribution is 5.85. The fourth-order valence-corrected chi connectivity index (χ4v) is 2.57. The monoisotopic (exact) mass is 317 g/mol. The van der Waals surface area contributed by atoms with Gasteiger partial charge in [0.2, 0.25) is 0 Å². The van der Waals surface area contributed by atoms with Crippen LogP contribution in [0.2, 0.25) is 0 Å². The van der Waals surface area contributed by atoms with Gasteiger partial charge in [0.15, 0.2) is 0 Å². The predicted octanol–water partition coefficient (Wildman–Crippen LogP) is 3.82. The summed E-state index contributed by atoms with van der Waals surface area (Å²) < 4.78 is 5.33. The number of hydrogen-bond donors (Lipinski definition) is 2. The van der Waals surface area contributed by atoms with E-state index in [1.807, 2.05) is 33.9 Å². The molecule has 1 atom stereocenters. The molecule has 5 nitrogen and oxygen atoms in total. The molecule has 0 spiro atoms. The molecule has 0 radical (unpaired) electrons. The molecule has 0 aliphatic rings. The minimum Gasteiger partial charge on any atom is -0.444 e. The molecule has 23 heavy (non-hydrogen) atoms. The van der Waals surface area contributed by atoms with Gasteiger partial charge in [-0.2, -0.15) is 0 Å². The lowest BCUT2D eigenvalue weighted by atomic mass is 10.0. The van der Waals surface area contributed by atoms with Crippen molar-refractivity contribution in [1.29, 1.82) is 0 Å². The first-order chi connectivity index (χ1) is 10.7. The van der Waals surface area contributed by atoms with Gasteiger partial charge < -0.3 is 19.9 Å². The number of nitrogens with zero attached hydrogens (tertiary/aromatic N) is 1. The van der Waals surface area contributed by atoms with E-state index in [0.29, 0.717) is 0 Å². The second-order valence-electron chi connectivity index (χ2n) is 7.23. The SMILES string of the molecule is CC(NC(=O)OC(C)(C)C)c1c[nH]c2ccc(CN(C)C)cc12. The molecule has 1 heterocycles. The molecule has 0 aliphatic carbocycles. The summed E-state index contributed by atoms with van der Waals surface area (Å²) in [4.78, 5) is 17.4. The van der Waals surface area contributed by atoms with Gasteiger partial charge in [-0.25, -0.2) is 4.79 Å². The summed E-state index contributed by atoms with van der Waals surface area (Å²) >= 11 is 0. The number of alkyl carbamates (subject to hydrolysis) is 1. The third kappa shape index (κ3) is 4.73. The standard InChI is InChI=1S/C18H27N3O2/c1-12(20-17(22)23-18(2,3)4)15-10-19-16-8-7-13(9-14(15)16)11-21(5)6/h7-10,12,19H,11H2,1-6H3,(H,20,22). The molecule has 2 rings (SSSR count). The summed E-state index contributed by atoms with van der Waals surface area (Å²) in [5.74, 6) is 0. The number of nitrogens with one attached hydrogen (secondary N) is 2. The second kappa shape index (κ2) is 6.62. The maximum absolute atomic E-state index is 12.0. The molecule has 2 aromatic rings. The van der Waals surface area contributed by atoms with Crippen LogP contribution in [0.3, 0.4) is 0 Å². The molecule has 1 unspecified atom stereocenters. The van der Waals surface area contributed by atoms with Gasteiger partial charge in [-0.15, -0.1) is 0 Å². The van der Waals surface area contributed by atoms with E-state index in [-0.39, 0.29) is 6.04 Å². The van der Waals surface area contributed by atoms with Gasteiger partial charge in [-0.3, -0.25) is 0 Å². The predicted molar refractivity (Wildman–Crippen MR) is 93.5 cm³/mol. The Labute approximate surface area is 138 Å². The number of benzene rings is 1. The Hall–Kier alpha value is -2.01. The smallest absolute Gasteiger partial charge is 0.408 e. The summed E-state index contributed by atoms with van der Waals surface area (Å²) in [6.07, 6.45) is 1.55. The Morgan fingerprint density at radius 3 is 2.65 bits per heavy atom. The lowest BCUT2D eigenvalue weighted by Crippen LogP contribution is -2.33. The van der Waals surface area contributed by atoms with Gasteiger partial charge in [0, 0.05) is 23.6 Å². The van der Waals surface area contributed by atoms with Crippen LogP contribution in [0.1, 0.15) is 44.9 Å². The van der Waals surface area contributed by atoms with Crippen LogP contribution in [0.25, 0.3) is 10.9 Å². The van der Waals surface area contributed by atoms with Gasteiger partial charge >= 0.3 is 6.09 Å². The number of ether oxygens (including phenoxy) is 1. The summed E-state index contributed by atoms with van der Waals surface area (Å²) in [7, 11) is 4.10. The molecule has 1 amide bonds. The number of amides is 1. The highest BCUT2D eigenvalue weighted by Gasteiger charge is 2.19. The van der Waals surface area contributed by atoms with Crippen LogP contribution in [0.15, 0.2) is 24.4 Å². The maximum atomic E-state index is 12.0. The van der Waals surface area contributed by atoms with Crippen molar-refractivity contribution in [3.8, 4) is 0 Å². The molecule has 0 fully saturated rings. The van der Waals surface area contributed by atoms with Crippen LogP contribution < -0.4 is 5.32 Å². The number of carbonyl (C=O) groups is 1. The number of aromatic nitrogens is 1. The fourth-order valence-electron chi connectivity index (χ4n) is 2.57. The minimum absolute atomic E-state index is 0.131. The Morgan fingerprint density at radius 2 is 2.04 bits per heavy atom. The van der Waals surface area contributed by atoms with Crippen LogP contribution in [-0.4, -0.2) is 35.7 Å². The second-order valence-corrected chi connectivity index (χ2v) is 7.23. The lowest BCUT2D eigenvalue weighted by molar-refractivity contribution is 0.0508. The number of fused-ring (bicyclic) bond motifs is 1. The quantitative estimate of drug-likeness (QED) is 0.901. The number of H-pyrrole nitrogens is 1. The fraction of sp³-hybridized carbons (Fsp3) is 0.500. The summed E-state index contributed by atoms with van der Waals surface area (Å²) in [5.41, 5.74) is 2.88. The molecular weight excluding hydrogens is 290 g/mol. The van der Waals surface area contributed by atoms with Crippen molar-refractivity contribution in [2.75, 3.05) is 14.1 Å². The molecule has 5 heteroatoms. The zero-order chi connectivity index (χ0) is 17.2. The van der Waals surface area contributed by atoms with E-state index in [1.165, 1.54) is 5.56 Å². The zero-order valence-corrected chi connectivity index (χ0v) is 14.9. The zero-order valence-electron chi connectivity index (χ0n) is 14.9. The molecule has 0 aliphatic heterocycles. The minimum atomic E-state index is -0.497. The number of carbonyl (C=O) groups excluding carboxylic acids is 1. The van der Waals surface area contributed by atoms with E-state index in [2.05, 4.69) is 47.5 Å². The van der Waals surface area contributed by atoms with E-state index in [4.69, 9.17) is 4.74 Å². The van der Waals surface area contributed by atoms with Crippen molar-refractivity contribution in [1.82, 2.24) is 15.2 Å². The summed E-state index contributed by atoms with van der Waals surface area (Å²) in [6.45, 7) is 8.42. The van der Waals surface area contributed by atoms with Crippen LogP contribution in [0, 0.1) is 0 Å². The molecule has 0 bridgehead atoms.